The van der Waals surface area contributed by atoms with E-state index in [4.69, 9.17) is 0 Å². The van der Waals surface area contributed by atoms with Crippen LogP contribution in [0.3, 0.4) is 0 Å². The number of hydrogen-bond acceptors (Lipinski definition) is 1. The van der Waals surface area contributed by atoms with Crippen LogP contribution in [-0.2, 0) is 4.47 Å². The van der Waals surface area contributed by atoms with Crippen LogP contribution in [0.5, 0.6) is 0 Å². The van der Waals surface area contributed by atoms with Gasteiger partial charge in [0.2, 0.25) is 0 Å². The summed E-state index contributed by atoms with van der Waals surface area (Å²) in [7, 11) is 0. The Balaban J connectivity index is 1.74. The van der Waals surface area contributed by atoms with Gasteiger partial charge in [-0.2, -0.15) is 0 Å². The maximum atomic E-state index is 10.7. The van der Waals surface area contributed by atoms with E-state index in [1.807, 2.05) is 0 Å². The Kier molecular flexibility index (Phi) is 4.52. The van der Waals surface area contributed by atoms with Crippen molar-refractivity contribution in [2.24, 2.45) is 16.7 Å². The molecule has 1 aromatic rings. The van der Waals surface area contributed by atoms with Crippen molar-refractivity contribution in [3.05, 3.63) is 34.3 Å². The molecule has 0 heterocycles. The van der Waals surface area contributed by atoms with Gasteiger partial charge in [-0.05, 0) is 0 Å². The summed E-state index contributed by atoms with van der Waals surface area (Å²) < 4.78 is 3.79. The Morgan fingerprint density at radius 3 is 2.71 bits per heavy atom. The number of benzene rings is 1. The van der Waals surface area contributed by atoms with E-state index < -0.39 is 19.6 Å². The summed E-state index contributed by atoms with van der Waals surface area (Å²) in [5.41, 5.74) is 2.05. The van der Waals surface area contributed by atoms with E-state index >= 15 is 0 Å². The third-order valence-electron chi connectivity index (χ3n) is 6.19. The van der Waals surface area contributed by atoms with Crippen molar-refractivity contribution >= 4 is 35.5 Å². The number of aliphatic hydroxyl groups excluding tert-OH is 1. The van der Waals surface area contributed by atoms with Gasteiger partial charge in [0.05, 0.1) is 0 Å². The first-order chi connectivity index (χ1) is 9.85. The molecule has 1 aromatic carbocycles. The van der Waals surface area contributed by atoms with E-state index in [0.29, 0.717) is 5.41 Å². The molecule has 2 fully saturated rings. The Morgan fingerprint density at radius 2 is 2.14 bits per heavy atom. The topological polar surface area (TPSA) is 20.2 Å². The van der Waals surface area contributed by atoms with Gasteiger partial charge in [-0.1, -0.05) is 0 Å². The predicted octanol–water partition coefficient (Wildman–Crippen LogP) is 4.84. The summed E-state index contributed by atoms with van der Waals surface area (Å²) in [5, 5.41) is 10.7. The molecule has 0 aromatic heterocycles. The zero-order valence-electron chi connectivity index (χ0n) is 13.2. The normalized spacial score (nSPS) is 33.8. The van der Waals surface area contributed by atoms with Crippen molar-refractivity contribution in [1.82, 2.24) is 0 Å². The molecule has 21 heavy (non-hydrogen) atoms. The summed E-state index contributed by atoms with van der Waals surface area (Å²) in [5.74, 6) is 0.755. The Hall–Kier alpha value is 0.450. The van der Waals surface area contributed by atoms with Crippen molar-refractivity contribution in [1.29, 1.82) is 0 Å². The van der Waals surface area contributed by atoms with E-state index in [0.717, 1.165) is 12.3 Å². The molecule has 3 heteroatoms. The molecule has 2 saturated carbocycles. The molecule has 0 spiro atoms. The number of fused-ring (bicyclic) bond motifs is 2. The predicted molar refractivity (Wildman–Crippen MR) is 93.8 cm³/mol. The third-order valence-corrected chi connectivity index (χ3v) is 11.9. The Morgan fingerprint density at radius 1 is 1.38 bits per heavy atom. The molecule has 3 rings (SSSR count). The zero-order chi connectivity index (χ0) is 15.3. The average molecular weight is 466 g/mol. The van der Waals surface area contributed by atoms with Crippen molar-refractivity contribution in [2.75, 3.05) is 0 Å². The van der Waals surface area contributed by atoms with E-state index in [1.54, 1.807) is 0 Å². The Bertz CT molecular complexity index is 530. The molecule has 0 saturated heterocycles. The van der Waals surface area contributed by atoms with Crippen LogP contribution in [-0.4, -0.2) is 30.8 Å². The van der Waals surface area contributed by atoms with Crippen LogP contribution in [0.1, 0.15) is 38.7 Å². The molecule has 0 amide bonds. The number of hydrogen-bond donors (Lipinski definition) is 1. The van der Waals surface area contributed by atoms with Crippen molar-refractivity contribution in [2.45, 2.75) is 53.1 Å². The summed E-state index contributed by atoms with van der Waals surface area (Å²) >= 11 is 2.38. The van der Waals surface area contributed by atoms with Gasteiger partial charge in [0.1, 0.15) is 0 Å². The van der Waals surface area contributed by atoms with Crippen LogP contribution in [0.15, 0.2) is 28.7 Å². The molecule has 3 unspecified atom stereocenters. The molecule has 116 valence electrons. The van der Waals surface area contributed by atoms with E-state index in [9.17, 15) is 5.11 Å². The van der Waals surface area contributed by atoms with Crippen LogP contribution >= 0.6 is 15.9 Å². The fraction of sp³-hybridized carbons (Fsp3) is 0.667. The fourth-order valence-electron chi connectivity index (χ4n) is 4.78. The average Bonchev–Trinajstić information content (AvgIpc) is 2.72. The summed E-state index contributed by atoms with van der Waals surface area (Å²) in [6.45, 7) is 4.85. The number of halogens is 1. The second-order valence-electron chi connectivity index (χ2n) is 7.56. The van der Waals surface area contributed by atoms with Crippen molar-refractivity contribution in [3.8, 4) is 0 Å². The molecule has 3 atom stereocenters. The van der Waals surface area contributed by atoms with Crippen LogP contribution in [0.2, 0.25) is 9.44 Å². The van der Waals surface area contributed by atoms with Gasteiger partial charge in [0.25, 0.3) is 0 Å². The van der Waals surface area contributed by atoms with Gasteiger partial charge in [-0.3, -0.25) is 0 Å². The molecule has 0 aliphatic heterocycles. The van der Waals surface area contributed by atoms with Crippen LogP contribution in [0.4, 0.5) is 0 Å². The van der Waals surface area contributed by atoms with Crippen molar-refractivity contribution < 1.29 is 5.11 Å². The SMILES string of the molecule is C[Te+](Cc1cccc(Br)c1)CC12CCC(CC1O)C2(C)C. The second-order valence-corrected chi connectivity index (χ2v) is 14.6. The summed E-state index contributed by atoms with van der Waals surface area (Å²) in [6, 6.07) is 8.77. The van der Waals surface area contributed by atoms with Gasteiger partial charge in [-0.25, -0.2) is 0 Å². The first-order valence-corrected chi connectivity index (χ1v) is 14.3. The van der Waals surface area contributed by atoms with E-state index in [2.05, 4.69) is 59.0 Å². The second kappa shape index (κ2) is 5.82. The van der Waals surface area contributed by atoms with Gasteiger partial charge in [0, 0.05) is 0 Å². The quantitative estimate of drug-likeness (QED) is 0.631. The van der Waals surface area contributed by atoms with Gasteiger partial charge < -0.3 is 0 Å². The van der Waals surface area contributed by atoms with Gasteiger partial charge in [0.15, 0.2) is 0 Å². The number of rotatable bonds is 4. The van der Waals surface area contributed by atoms with Gasteiger partial charge in [-0.15, -0.1) is 0 Å². The fourth-order valence-corrected chi connectivity index (χ4v) is 12.2. The molecule has 1 nitrogen and oxygen atoms in total. The molecular formula is C18H26BrOTe+. The monoisotopic (exact) mass is 467 g/mol. The van der Waals surface area contributed by atoms with Gasteiger partial charge >= 0.3 is 145 Å². The molecule has 2 bridgehead atoms. The zero-order valence-corrected chi connectivity index (χ0v) is 17.1. The first-order valence-electron chi connectivity index (χ1n) is 7.87. The van der Waals surface area contributed by atoms with E-state index in [-0.39, 0.29) is 11.5 Å². The number of aliphatic hydroxyl groups is 1. The molecule has 2 aliphatic carbocycles. The van der Waals surface area contributed by atoms with Crippen molar-refractivity contribution in [3.63, 3.8) is 0 Å². The van der Waals surface area contributed by atoms with E-state index in [1.165, 1.54) is 31.8 Å². The molecule has 2 aliphatic rings. The van der Waals surface area contributed by atoms with Crippen LogP contribution < -0.4 is 0 Å². The molecule has 1 N–H and O–H groups in total. The summed E-state index contributed by atoms with van der Waals surface area (Å²) in [4.78, 5) is 2.52. The molecular weight excluding hydrogens is 440 g/mol. The Labute approximate surface area is 144 Å². The molecule has 0 radical (unpaired) electrons. The standard InChI is InChI=1S/C18H26BrOTe/c1-17(2)14-7-8-18(17,16(20)10-14)12-21(3)11-13-5-4-6-15(19)9-13/h4-6,9,14,16,20H,7-8,10-12H2,1-3H3/q+1. The van der Waals surface area contributed by atoms with Crippen LogP contribution in [0.25, 0.3) is 0 Å². The first kappa shape index (κ1) is 16.3. The maximum absolute atomic E-state index is 10.7. The van der Waals surface area contributed by atoms with Crippen LogP contribution in [0, 0.1) is 16.7 Å². The minimum atomic E-state index is -1.19. The summed E-state index contributed by atoms with van der Waals surface area (Å²) in [6.07, 6.45) is 3.61. The third kappa shape index (κ3) is 2.73. The minimum absolute atomic E-state index is 0.0443.